The van der Waals surface area contributed by atoms with Gasteiger partial charge in [0.25, 0.3) is 5.91 Å². The van der Waals surface area contributed by atoms with Gasteiger partial charge in [-0.3, -0.25) is 14.0 Å². The minimum Gasteiger partial charge on any atom is -0.382 e. The number of hydrogen-bond donors (Lipinski definition) is 2. The van der Waals surface area contributed by atoms with Crippen LogP contribution in [0.2, 0.25) is 0 Å². The van der Waals surface area contributed by atoms with Crippen LogP contribution in [-0.4, -0.2) is 55.3 Å². The Balaban J connectivity index is 1.61. The smallest absolute Gasteiger partial charge is 0.382 e. The predicted octanol–water partition coefficient (Wildman–Crippen LogP) is 6.11. The number of morpholine rings is 1. The molecule has 0 radical (unpaired) electrons. The first-order chi connectivity index (χ1) is 21.3. The van der Waals surface area contributed by atoms with E-state index in [1.807, 2.05) is 25.2 Å². The summed E-state index contributed by atoms with van der Waals surface area (Å²) in [6.07, 6.45) is -0.210. The van der Waals surface area contributed by atoms with E-state index in [9.17, 15) is 22.8 Å². The molecule has 0 spiro atoms. The number of carbonyl (C=O) groups excluding carboxylic acids is 2. The molecule has 0 aliphatic carbocycles. The van der Waals surface area contributed by atoms with Crippen molar-refractivity contribution < 1.29 is 27.5 Å². The number of amides is 2. The lowest BCUT2D eigenvalue weighted by Crippen LogP contribution is -2.47. The summed E-state index contributed by atoms with van der Waals surface area (Å²) in [5, 5.41) is 2.47. The van der Waals surface area contributed by atoms with E-state index in [0.29, 0.717) is 41.3 Å². The van der Waals surface area contributed by atoms with E-state index in [1.165, 1.54) is 6.92 Å². The van der Waals surface area contributed by atoms with Crippen molar-refractivity contribution in [2.45, 2.75) is 58.4 Å². The fraction of sp³-hybridized carbons (Fsp3) is 0.344. The second kappa shape index (κ2) is 12.3. The highest BCUT2D eigenvalue weighted by molar-refractivity contribution is 6.04. The SMILES string of the molecule is C=Cc1cnc(N)c2c(-c3ccc(C(=O)Nc4cc(C(F)(F)F)ccn4)cc3C(C)CC)nc([C@H]3CN(C(C)=O)[C@@H](C)CO3)n12. The first-order valence-corrected chi connectivity index (χ1v) is 14.5. The average molecular weight is 622 g/mol. The molecule has 1 aliphatic heterocycles. The van der Waals surface area contributed by atoms with Crippen LogP contribution in [0.4, 0.5) is 24.8 Å². The van der Waals surface area contributed by atoms with E-state index < -0.39 is 23.8 Å². The molecule has 5 rings (SSSR count). The molecular weight excluding hydrogens is 587 g/mol. The highest BCUT2D eigenvalue weighted by Gasteiger charge is 2.34. The predicted molar refractivity (Wildman–Crippen MR) is 164 cm³/mol. The van der Waals surface area contributed by atoms with E-state index in [4.69, 9.17) is 15.5 Å². The molecule has 1 saturated heterocycles. The molecule has 0 bridgehead atoms. The van der Waals surface area contributed by atoms with E-state index in [2.05, 4.69) is 21.9 Å². The third kappa shape index (κ3) is 6.12. The van der Waals surface area contributed by atoms with Crippen LogP contribution in [0.3, 0.4) is 0 Å². The molecule has 4 aromatic rings. The first-order valence-electron chi connectivity index (χ1n) is 14.5. The number of nitrogens with one attached hydrogen (secondary N) is 1. The summed E-state index contributed by atoms with van der Waals surface area (Å²) in [5.41, 5.74) is 8.91. The zero-order chi connectivity index (χ0) is 32.6. The van der Waals surface area contributed by atoms with Gasteiger partial charge in [0, 0.05) is 24.2 Å². The molecule has 2 amide bonds. The number of hydrogen-bond acceptors (Lipinski definition) is 7. The number of benzene rings is 1. The molecule has 45 heavy (non-hydrogen) atoms. The summed E-state index contributed by atoms with van der Waals surface area (Å²) in [4.78, 5) is 40.6. The highest BCUT2D eigenvalue weighted by Crippen LogP contribution is 2.39. The number of ether oxygens (including phenoxy) is 1. The number of imidazole rings is 1. The third-order valence-electron chi connectivity index (χ3n) is 8.12. The quantitative estimate of drug-likeness (QED) is 0.255. The fourth-order valence-corrected chi connectivity index (χ4v) is 5.50. The Bertz CT molecular complexity index is 1790. The summed E-state index contributed by atoms with van der Waals surface area (Å²) >= 11 is 0. The number of nitrogens with zero attached hydrogens (tertiary/aromatic N) is 5. The van der Waals surface area contributed by atoms with E-state index in [-0.39, 0.29) is 41.6 Å². The molecule has 3 aromatic heterocycles. The van der Waals surface area contributed by atoms with Gasteiger partial charge < -0.3 is 20.7 Å². The van der Waals surface area contributed by atoms with Crippen molar-refractivity contribution in [2.75, 3.05) is 24.2 Å². The lowest BCUT2D eigenvalue weighted by atomic mass is 9.90. The normalized spacial score (nSPS) is 17.7. The molecule has 236 valence electrons. The number of halogens is 3. The number of rotatable bonds is 7. The second-order valence-corrected chi connectivity index (χ2v) is 11.1. The van der Waals surface area contributed by atoms with Crippen LogP contribution in [-0.2, 0) is 15.7 Å². The molecular formula is C32H34F3N7O3. The molecule has 3 N–H and O–H groups in total. The van der Waals surface area contributed by atoms with Gasteiger partial charge in [-0.25, -0.2) is 15.0 Å². The van der Waals surface area contributed by atoms with Crippen molar-refractivity contribution >= 4 is 35.0 Å². The average Bonchev–Trinajstić information content (AvgIpc) is 3.42. The van der Waals surface area contributed by atoms with Crippen molar-refractivity contribution in [3.8, 4) is 11.3 Å². The van der Waals surface area contributed by atoms with Crippen molar-refractivity contribution in [1.29, 1.82) is 0 Å². The van der Waals surface area contributed by atoms with Gasteiger partial charge in [0.1, 0.15) is 34.8 Å². The Morgan fingerprint density at radius 2 is 2.00 bits per heavy atom. The number of anilines is 2. The van der Waals surface area contributed by atoms with Gasteiger partial charge in [0.2, 0.25) is 5.91 Å². The van der Waals surface area contributed by atoms with Gasteiger partial charge >= 0.3 is 6.18 Å². The van der Waals surface area contributed by atoms with Gasteiger partial charge in [-0.05, 0) is 55.2 Å². The van der Waals surface area contributed by atoms with Crippen LogP contribution in [0.15, 0.2) is 49.3 Å². The number of nitrogens with two attached hydrogens (primary N) is 1. The summed E-state index contributed by atoms with van der Waals surface area (Å²) in [5.74, 6) is -0.209. The van der Waals surface area contributed by atoms with Crippen LogP contribution in [0, 0.1) is 0 Å². The first kappa shape index (κ1) is 31.6. The highest BCUT2D eigenvalue weighted by atomic mass is 19.4. The molecule has 10 nitrogen and oxygen atoms in total. The Morgan fingerprint density at radius 3 is 2.67 bits per heavy atom. The molecule has 0 saturated carbocycles. The Kier molecular flexibility index (Phi) is 8.66. The van der Waals surface area contributed by atoms with Crippen LogP contribution in [0.5, 0.6) is 0 Å². The van der Waals surface area contributed by atoms with Crippen LogP contribution >= 0.6 is 0 Å². The molecule has 4 heterocycles. The van der Waals surface area contributed by atoms with Gasteiger partial charge in [0.05, 0.1) is 36.6 Å². The molecule has 1 aromatic carbocycles. The number of nitrogen functional groups attached to an aromatic ring is 1. The minimum absolute atomic E-state index is 0.0450. The summed E-state index contributed by atoms with van der Waals surface area (Å²) < 4.78 is 47.6. The monoisotopic (exact) mass is 621 g/mol. The number of pyridine rings is 1. The van der Waals surface area contributed by atoms with Crippen LogP contribution < -0.4 is 11.1 Å². The van der Waals surface area contributed by atoms with Gasteiger partial charge in [0.15, 0.2) is 0 Å². The van der Waals surface area contributed by atoms with Crippen molar-refractivity contribution in [3.63, 3.8) is 0 Å². The summed E-state index contributed by atoms with van der Waals surface area (Å²) in [6.45, 7) is 12.0. The van der Waals surface area contributed by atoms with Crippen molar-refractivity contribution in [3.05, 3.63) is 77.5 Å². The molecule has 1 fully saturated rings. The van der Waals surface area contributed by atoms with Crippen molar-refractivity contribution in [2.24, 2.45) is 0 Å². The molecule has 13 heteroatoms. The lowest BCUT2D eigenvalue weighted by molar-refractivity contribution is -0.142. The van der Waals surface area contributed by atoms with Gasteiger partial charge in [-0.2, -0.15) is 13.2 Å². The maximum atomic E-state index is 13.2. The second-order valence-electron chi connectivity index (χ2n) is 11.1. The number of alkyl halides is 3. The number of aromatic nitrogens is 4. The minimum atomic E-state index is -4.58. The fourth-order valence-electron chi connectivity index (χ4n) is 5.50. The standard InChI is InChI=1S/C32H34F3N7O3/c1-6-17(3)24-12-20(31(44)39-26-13-21(10-11-37-26)32(33,34)35)8-9-23(24)27-28-29(36)38-14-22(7-2)42(28)30(40-27)25-15-41(19(5)43)18(4)16-45-25/h7-14,17-18,25H,2,6,15-16H2,1,3-5H3,(H2,36,38)(H,37,39,44)/t17?,18-,25+/m0/s1. The zero-order valence-electron chi connectivity index (χ0n) is 25.4. The Morgan fingerprint density at radius 1 is 1.24 bits per heavy atom. The maximum Gasteiger partial charge on any atom is 0.416 e. The summed E-state index contributed by atoms with van der Waals surface area (Å²) in [6, 6.07) is 6.55. The van der Waals surface area contributed by atoms with E-state index in [1.54, 1.807) is 35.4 Å². The summed E-state index contributed by atoms with van der Waals surface area (Å²) in [7, 11) is 0. The van der Waals surface area contributed by atoms with Crippen LogP contribution in [0.1, 0.15) is 79.1 Å². The number of carbonyl (C=O) groups is 2. The van der Waals surface area contributed by atoms with E-state index in [0.717, 1.165) is 23.9 Å². The molecule has 1 aliphatic rings. The molecule has 1 unspecified atom stereocenters. The Hall–Kier alpha value is -4.78. The lowest BCUT2D eigenvalue weighted by Gasteiger charge is -2.37. The van der Waals surface area contributed by atoms with E-state index >= 15 is 0 Å². The third-order valence-corrected chi connectivity index (χ3v) is 8.12. The molecule has 3 atom stereocenters. The van der Waals surface area contributed by atoms with Gasteiger partial charge in [-0.15, -0.1) is 0 Å². The van der Waals surface area contributed by atoms with Gasteiger partial charge in [-0.1, -0.05) is 26.5 Å². The maximum absolute atomic E-state index is 13.2. The topological polar surface area (TPSA) is 128 Å². The van der Waals surface area contributed by atoms with Crippen LogP contribution in [0.25, 0.3) is 22.9 Å². The number of fused-ring (bicyclic) bond motifs is 1. The largest absolute Gasteiger partial charge is 0.416 e. The Labute approximate surface area is 258 Å². The van der Waals surface area contributed by atoms with Crippen molar-refractivity contribution in [1.82, 2.24) is 24.3 Å². The zero-order valence-corrected chi connectivity index (χ0v) is 25.4.